The molecule has 0 aromatic heterocycles. The summed E-state index contributed by atoms with van der Waals surface area (Å²) in [5.74, 6) is 2.45. The molecule has 1 aliphatic heterocycles. The van der Waals surface area contributed by atoms with Crippen LogP contribution >= 0.6 is 23.4 Å². The van der Waals surface area contributed by atoms with Gasteiger partial charge in [-0.3, -0.25) is 4.90 Å². The highest BCUT2D eigenvalue weighted by molar-refractivity contribution is 7.99. The van der Waals surface area contributed by atoms with E-state index in [0.29, 0.717) is 12.6 Å². The molecule has 0 aliphatic carbocycles. The summed E-state index contributed by atoms with van der Waals surface area (Å²) in [5.41, 5.74) is 7.91. The number of halogens is 1. The third-order valence-electron chi connectivity index (χ3n) is 3.23. The van der Waals surface area contributed by atoms with Crippen molar-refractivity contribution in [2.75, 3.05) is 18.1 Å². The third-order valence-corrected chi connectivity index (χ3v) is 4.77. The first kappa shape index (κ1) is 13.2. The van der Waals surface area contributed by atoms with Gasteiger partial charge in [-0.2, -0.15) is 11.8 Å². The zero-order chi connectivity index (χ0) is 12.3. The van der Waals surface area contributed by atoms with E-state index in [9.17, 15) is 0 Å². The van der Waals surface area contributed by atoms with Gasteiger partial charge in [0.05, 0.1) is 0 Å². The van der Waals surface area contributed by atoms with E-state index in [-0.39, 0.29) is 0 Å². The molecule has 1 unspecified atom stereocenters. The van der Waals surface area contributed by atoms with Crippen LogP contribution in [0.25, 0.3) is 0 Å². The second kappa shape index (κ2) is 6.10. The van der Waals surface area contributed by atoms with E-state index < -0.39 is 0 Å². The van der Waals surface area contributed by atoms with Gasteiger partial charge in [0, 0.05) is 42.2 Å². The van der Waals surface area contributed by atoms with E-state index >= 15 is 0 Å². The topological polar surface area (TPSA) is 29.3 Å². The molecule has 2 nitrogen and oxygen atoms in total. The summed E-state index contributed by atoms with van der Waals surface area (Å²) in [4.78, 5) is 2.50. The van der Waals surface area contributed by atoms with Crippen LogP contribution in [0.1, 0.15) is 18.1 Å². The summed E-state index contributed by atoms with van der Waals surface area (Å²) >= 11 is 8.32. The van der Waals surface area contributed by atoms with E-state index in [1.54, 1.807) is 0 Å². The zero-order valence-corrected chi connectivity index (χ0v) is 11.7. The predicted molar refractivity (Wildman–Crippen MR) is 76.5 cm³/mol. The lowest BCUT2D eigenvalue weighted by molar-refractivity contribution is 0.224. The molecule has 0 spiro atoms. The normalized spacial score (nSPS) is 21.7. The minimum absolute atomic E-state index is 0.552. The average molecular weight is 271 g/mol. The van der Waals surface area contributed by atoms with Crippen molar-refractivity contribution in [2.24, 2.45) is 5.73 Å². The van der Waals surface area contributed by atoms with E-state index in [0.717, 1.165) is 23.7 Å². The SMILES string of the molecule is CC1CSCCN1Cc1ccc(CN)cc1Cl. The van der Waals surface area contributed by atoms with Crippen molar-refractivity contribution in [3.05, 3.63) is 34.3 Å². The molecular weight excluding hydrogens is 252 g/mol. The lowest BCUT2D eigenvalue weighted by Gasteiger charge is -2.33. The number of hydrogen-bond donors (Lipinski definition) is 1. The van der Waals surface area contributed by atoms with Crippen molar-refractivity contribution in [3.8, 4) is 0 Å². The van der Waals surface area contributed by atoms with Crippen LogP contribution in [0.15, 0.2) is 18.2 Å². The van der Waals surface area contributed by atoms with Crippen LogP contribution in [0.4, 0.5) is 0 Å². The van der Waals surface area contributed by atoms with E-state index in [2.05, 4.69) is 24.0 Å². The Morgan fingerprint density at radius 3 is 3.00 bits per heavy atom. The van der Waals surface area contributed by atoms with Crippen molar-refractivity contribution in [2.45, 2.75) is 26.1 Å². The molecule has 1 aromatic rings. The maximum Gasteiger partial charge on any atom is 0.0454 e. The Bertz CT molecular complexity index is 384. The van der Waals surface area contributed by atoms with Gasteiger partial charge in [-0.25, -0.2) is 0 Å². The van der Waals surface area contributed by atoms with Crippen LogP contribution < -0.4 is 5.73 Å². The smallest absolute Gasteiger partial charge is 0.0454 e. The molecular formula is C13H19ClN2S. The highest BCUT2D eigenvalue weighted by Crippen LogP contribution is 2.23. The minimum atomic E-state index is 0.552. The van der Waals surface area contributed by atoms with Crippen molar-refractivity contribution in [1.29, 1.82) is 0 Å². The van der Waals surface area contributed by atoms with Crippen LogP contribution in [0.3, 0.4) is 0 Å². The fraction of sp³-hybridized carbons (Fsp3) is 0.538. The molecule has 0 radical (unpaired) electrons. The summed E-state index contributed by atoms with van der Waals surface area (Å²) in [6.45, 7) is 4.94. The molecule has 0 saturated carbocycles. The molecule has 1 aromatic carbocycles. The van der Waals surface area contributed by atoms with E-state index in [1.165, 1.54) is 17.1 Å². The number of nitrogens with zero attached hydrogens (tertiary/aromatic N) is 1. The lowest BCUT2D eigenvalue weighted by atomic mass is 10.1. The molecule has 1 aliphatic rings. The zero-order valence-electron chi connectivity index (χ0n) is 10.2. The summed E-state index contributed by atoms with van der Waals surface area (Å²) in [6, 6.07) is 6.81. The molecule has 1 heterocycles. The molecule has 1 atom stereocenters. The first-order chi connectivity index (χ1) is 8.20. The Hall–Kier alpha value is -0.220. The van der Waals surface area contributed by atoms with Crippen LogP contribution in [-0.2, 0) is 13.1 Å². The number of nitrogens with two attached hydrogens (primary N) is 1. The number of benzene rings is 1. The third kappa shape index (κ3) is 3.38. The van der Waals surface area contributed by atoms with Crippen molar-refractivity contribution >= 4 is 23.4 Å². The Kier molecular flexibility index (Phi) is 4.74. The molecule has 2 rings (SSSR count). The van der Waals surface area contributed by atoms with Crippen LogP contribution in [0.5, 0.6) is 0 Å². The number of rotatable bonds is 3. The lowest BCUT2D eigenvalue weighted by Crippen LogP contribution is -2.39. The maximum absolute atomic E-state index is 6.29. The quantitative estimate of drug-likeness (QED) is 0.916. The molecule has 17 heavy (non-hydrogen) atoms. The van der Waals surface area contributed by atoms with Crippen molar-refractivity contribution in [1.82, 2.24) is 4.90 Å². The average Bonchev–Trinajstić information content (AvgIpc) is 2.34. The van der Waals surface area contributed by atoms with Crippen LogP contribution in [0, 0.1) is 0 Å². The fourth-order valence-electron chi connectivity index (χ4n) is 2.06. The largest absolute Gasteiger partial charge is 0.326 e. The molecule has 94 valence electrons. The van der Waals surface area contributed by atoms with Crippen molar-refractivity contribution < 1.29 is 0 Å². The summed E-state index contributed by atoms with van der Waals surface area (Å²) in [6.07, 6.45) is 0. The first-order valence-electron chi connectivity index (χ1n) is 6.00. The van der Waals surface area contributed by atoms with Gasteiger partial charge in [0.15, 0.2) is 0 Å². The van der Waals surface area contributed by atoms with Gasteiger partial charge in [-0.05, 0) is 24.1 Å². The Morgan fingerprint density at radius 2 is 2.35 bits per heavy atom. The van der Waals surface area contributed by atoms with Gasteiger partial charge < -0.3 is 5.73 Å². The van der Waals surface area contributed by atoms with Gasteiger partial charge in [0.1, 0.15) is 0 Å². The Labute approximate surface area is 113 Å². The maximum atomic E-state index is 6.29. The molecule has 4 heteroatoms. The number of thioether (sulfide) groups is 1. The fourth-order valence-corrected chi connectivity index (χ4v) is 3.41. The van der Waals surface area contributed by atoms with Gasteiger partial charge >= 0.3 is 0 Å². The molecule has 2 N–H and O–H groups in total. The minimum Gasteiger partial charge on any atom is -0.326 e. The number of hydrogen-bond acceptors (Lipinski definition) is 3. The second-order valence-corrected chi connectivity index (χ2v) is 6.08. The van der Waals surface area contributed by atoms with E-state index in [1.807, 2.05) is 17.8 Å². The second-order valence-electron chi connectivity index (χ2n) is 4.52. The first-order valence-corrected chi connectivity index (χ1v) is 7.53. The van der Waals surface area contributed by atoms with Crippen LogP contribution in [0.2, 0.25) is 5.02 Å². The Morgan fingerprint density at radius 1 is 1.53 bits per heavy atom. The standard InChI is InChI=1S/C13H19ClN2S/c1-10-9-17-5-4-16(10)8-12-3-2-11(7-15)6-13(12)14/h2-3,6,10H,4-5,7-9,15H2,1H3. The van der Waals surface area contributed by atoms with Gasteiger partial charge in [-0.1, -0.05) is 23.7 Å². The predicted octanol–water partition coefficient (Wildman–Crippen LogP) is 2.74. The van der Waals surface area contributed by atoms with Gasteiger partial charge in [0.2, 0.25) is 0 Å². The highest BCUT2D eigenvalue weighted by atomic mass is 35.5. The highest BCUT2D eigenvalue weighted by Gasteiger charge is 2.19. The molecule has 1 saturated heterocycles. The van der Waals surface area contributed by atoms with Crippen LogP contribution in [-0.4, -0.2) is 29.0 Å². The Balaban J connectivity index is 2.07. The van der Waals surface area contributed by atoms with Gasteiger partial charge in [0.25, 0.3) is 0 Å². The molecule has 0 amide bonds. The van der Waals surface area contributed by atoms with E-state index in [4.69, 9.17) is 17.3 Å². The van der Waals surface area contributed by atoms with Gasteiger partial charge in [-0.15, -0.1) is 0 Å². The van der Waals surface area contributed by atoms with Crippen molar-refractivity contribution in [3.63, 3.8) is 0 Å². The monoisotopic (exact) mass is 270 g/mol. The summed E-state index contributed by atoms with van der Waals surface area (Å²) < 4.78 is 0. The molecule has 1 fully saturated rings. The molecule has 0 bridgehead atoms. The summed E-state index contributed by atoms with van der Waals surface area (Å²) in [7, 11) is 0. The summed E-state index contributed by atoms with van der Waals surface area (Å²) in [5, 5.41) is 0.846.